The maximum atomic E-state index is 5.94. The molecule has 0 heterocycles. The Balaban J connectivity index is 2.87. The molecule has 1 aromatic carbocycles. The molecule has 1 aromatic rings. The first kappa shape index (κ1) is 13.0. The van der Waals surface area contributed by atoms with E-state index < -0.39 is 0 Å². The summed E-state index contributed by atoms with van der Waals surface area (Å²) < 4.78 is 0.908. The fourth-order valence-corrected chi connectivity index (χ4v) is 1.95. The van der Waals surface area contributed by atoms with Gasteiger partial charge in [-0.15, -0.1) is 0 Å². The van der Waals surface area contributed by atoms with Crippen LogP contribution in [0, 0.1) is 0 Å². The van der Waals surface area contributed by atoms with Gasteiger partial charge in [-0.05, 0) is 33.6 Å². The average molecular weight is 292 g/mol. The minimum absolute atomic E-state index is 0.179. The van der Waals surface area contributed by atoms with E-state index in [2.05, 4.69) is 35.1 Å². The SMILES string of the molecule is CC(C)NC(CN)c1ccc(Cl)c(Br)c1. The Morgan fingerprint density at radius 2 is 2.13 bits per heavy atom. The van der Waals surface area contributed by atoms with Crippen molar-refractivity contribution in [1.29, 1.82) is 0 Å². The van der Waals surface area contributed by atoms with Gasteiger partial charge >= 0.3 is 0 Å². The van der Waals surface area contributed by atoms with E-state index in [0.29, 0.717) is 12.6 Å². The molecular formula is C11H16BrClN2. The summed E-state index contributed by atoms with van der Waals surface area (Å²) in [4.78, 5) is 0. The molecule has 0 saturated heterocycles. The van der Waals surface area contributed by atoms with Gasteiger partial charge in [0.05, 0.1) is 5.02 Å². The van der Waals surface area contributed by atoms with E-state index >= 15 is 0 Å². The molecule has 0 spiro atoms. The number of hydrogen-bond acceptors (Lipinski definition) is 2. The topological polar surface area (TPSA) is 38.0 Å². The van der Waals surface area contributed by atoms with Crippen molar-refractivity contribution < 1.29 is 0 Å². The lowest BCUT2D eigenvalue weighted by atomic mass is 10.1. The second-order valence-corrected chi connectivity index (χ2v) is 5.04. The lowest BCUT2D eigenvalue weighted by molar-refractivity contribution is 0.483. The normalized spacial score (nSPS) is 13.2. The Hall–Kier alpha value is -0.0900. The fourth-order valence-electron chi connectivity index (χ4n) is 1.43. The summed E-state index contributed by atoms with van der Waals surface area (Å²) in [5, 5.41) is 4.12. The van der Waals surface area contributed by atoms with Crippen molar-refractivity contribution in [2.24, 2.45) is 5.73 Å². The van der Waals surface area contributed by atoms with Crippen molar-refractivity contribution in [3.05, 3.63) is 33.3 Å². The van der Waals surface area contributed by atoms with Gasteiger partial charge in [-0.25, -0.2) is 0 Å². The van der Waals surface area contributed by atoms with Gasteiger partial charge in [0.1, 0.15) is 0 Å². The lowest BCUT2D eigenvalue weighted by Crippen LogP contribution is -2.33. The Morgan fingerprint density at radius 3 is 2.60 bits per heavy atom. The van der Waals surface area contributed by atoms with Crippen molar-refractivity contribution >= 4 is 27.5 Å². The highest BCUT2D eigenvalue weighted by molar-refractivity contribution is 9.10. The molecule has 0 amide bonds. The first-order valence-electron chi connectivity index (χ1n) is 4.95. The van der Waals surface area contributed by atoms with Gasteiger partial charge in [0.15, 0.2) is 0 Å². The van der Waals surface area contributed by atoms with Crippen LogP contribution in [0.15, 0.2) is 22.7 Å². The van der Waals surface area contributed by atoms with Gasteiger partial charge in [0.2, 0.25) is 0 Å². The maximum Gasteiger partial charge on any atom is 0.0548 e. The van der Waals surface area contributed by atoms with Crippen LogP contribution in [-0.4, -0.2) is 12.6 Å². The predicted octanol–water partition coefficient (Wildman–Crippen LogP) is 3.10. The zero-order chi connectivity index (χ0) is 11.4. The van der Waals surface area contributed by atoms with Crippen LogP contribution in [0.4, 0.5) is 0 Å². The van der Waals surface area contributed by atoms with Crippen molar-refractivity contribution in [1.82, 2.24) is 5.32 Å². The van der Waals surface area contributed by atoms with Crippen LogP contribution in [0.3, 0.4) is 0 Å². The third-order valence-corrected chi connectivity index (χ3v) is 3.33. The van der Waals surface area contributed by atoms with Crippen LogP contribution in [0.1, 0.15) is 25.5 Å². The molecule has 4 heteroatoms. The Morgan fingerprint density at radius 1 is 1.47 bits per heavy atom. The van der Waals surface area contributed by atoms with E-state index in [9.17, 15) is 0 Å². The number of nitrogens with one attached hydrogen (secondary N) is 1. The van der Waals surface area contributed by atoms with E-state index in [-0.39, 0.29) is 6.04 Å². The number of benzene rings is 1. The Labute approximate surface area is 104 Å². The van der Waals surface area contributed by atoms with Crippen LogP contribution in [-0.2, 0) is 0 Å². The van der Waals surface area contributed by atoms with E-state index in [0.717, 1.165) is 15.1 Å². The molecule has 0 aromatic heterocycles. The number of nitrogens with two attached hydrogens (primary N) is 1. The Bertz CT molecular complexity index is 328. The first-order valence-corrected chi connectivity index (χ1v) is 6.12. The summed E-state index contributed by atoms with van der Waals surface area (Å²) in [5.41, 5.74) is 6.89. The highest BCUT2D eigenvalue weighted by Gasteiger charge is 2.11. The van der Waals surface area contributed by atoms with Gasteiger partial charge in [-0.3, -0.25) is 0 Å². The summed E-state index contributed by atoms with van der Waals surface area (Å²) in [6, 6.07) is 6.48. The highest BCUT2D eigenvalue weighted by Crippen LogP contribution is 2.25. The summed E-state index contributed by atoms with van der Waals surface area (Å²) in [5.74, 6) is 0. The van der Waals surface area contributed by atoms with Gasteiger partial charge in [-0.2, -0.15) is 0 Å². The molecule has 0 bridgehead atoms. The summed E-state index contributed by atoms with van der Waals surface area (Å²) >= 11 is 9.34. The zero-order valence-electron chi connectivity index (χ0n) is 8.93. The van der Waals surface area contributed by atoms with Crippen molar-refractivity contribution in [2.45, 2.75) is 25.9 Å². The summed E-state index contributed by atoms with van der Waals surface area (Å²) in [6.45, 7) is 4.79. The van der Waals surface area contributed by atoms with Crippen molar-refractivity contribution in [3.8, 4) is 0 Å². The van der Waals surface area contributed by atoms with Gasteiger partial charge in [0, 0.05) is 23.1 Å². The smallest absolute Gasteiger partial charge is 0.0548 e. The molecule has 1 atom stereocenters. The van der Waals surface area contributed by atoms with Gasteiger partial charge in [0.25, 0.3) is 0 Å². The second kappa shape index (κ2) is 5.85. The number of halogens is 2. The molecule has 15 heavy (non-hydrogen) atoms. The third-order valence-electron chi connectivity index (χ3n) is 2.12. The lowest BCUT2D eigenvalue weighted by Gasteiger charge is -2.20. The highest BCUT2D eigenvalue weighted by atomic mass is 79.9. The first-order chi connectivity index (χ1) is 7.04. The maximum absolute atomic E-state index is 5.94. The van der Waals surface area contributed by atoms with E-state index in [1.54, 1.807) is 0 Å². The van der Waals surface area contributed by atoms with E-state index in [1.807, 2.05) is 18.2 Å². The molecule has 1 rings (SSSR count). The Kier molecular flexibility index (Phi) is 5.06. The van der Waals surface area contributed by atoms with E-state index in [4.69, 9.17) is 17.3 Å². The zero-order valence-corrected chi connectivity index (χ0v) is 11.3. The molecule has 0 aliphatic carbocycles. The summed E-state index contributed by atoms with van der Waals surface area (Å²) in [7, 11) is 0. The second-order valence-electron chi connectivity index (χ2n) is 3.78. The van der Waals surface area contributed by atoms with Crippen LogP contribution >= 0.6 is 27.5 Å². The molecule has 3 N–H and O–H groups in total. The fraction of sp³-hybridized carbons (Fsp3) is 0.455. The summed E-state index contributed by atoms with van der Waals surface area (Å²) in [6.07, 6.45) is 0. The van der Waals surface area contributed by atoms with Gasteiger partial charge < -0.3 is 11.1 Å². The van der Waals surface area contributed by atoms with Crippen LogP contribution in [0.2, 0.25) is 5.02 Å². The molecule has 1 unspecified atom stereocenters. The van der Waals surface area contributed by atoms with Crippen LogP contribution < -0.4 is 11.1 Å². The molecular weight excluding hydrogens is 275 g/mol. The molecule has 0 fully saturated rings. The van der Waals surface area contributed by atoms with Crippen LogP contribution in [0.25, 0.3) is 0 Å². The molecule has 84 valence electrons. The molecule has 0 saturated carbocycles. The minimum atomic E-state index is 0.179. The number of hydrogen-bond donors (Lipinski definition) is 2. The monoisotopic (exact) mass is 290 g/mol. The molecule has 0 aliphatic rings. The standard InChI is InChI=1S/C11H16BrClN2/c1-7(2)15-11(6-14)8-3-4-10(13)9(12)5-8/h3-5,7,11,15H,6,14H2,1-2H3. The molecule has 0 aliphatic heterocycles. The van der Waals surface area contributed by atoms with Crippen molar-refractivity contribution in [2.75, 3.05) is 6.54 Å². The predicted molar refractivity (Wildman–Crippen MR) is 69.2 cm³/mol. The third kappa shape index (κ3) is 3.76. The van der Waals surface area contributed by atoms with Gasteiger partial charge in [-0.1, -0.05) is 31.5 Å². The number of rotatable bonds is 4. The van der Waals surface area contributed by atoms with Crippen LogP contribution in [0.5, 0.6) is 0 Å². The molecule has 0 radical (unpaired) electrons. The average Bonchev–Trinajstić information content (AvgIpc) is 2.18. The minimum Gasteiger partial charge on any atom is -0.329 e. The largest absolute Gasteiger partial charge is 0.329 e. The quantitative estimate of drug-likeness (QED) is 0.894. The molecule has 2 nitrogen and oxygen atoms in total. The van der Waals surface area contributed by atoms with E-state index in [1.165, 1.54) is 0 Å². The van der Waals surface area contributed by atoms with Crippen molar-refractivity contribution in [3.63, 3.8) is 0 Å².